The van der Waals surface area contributed by atoms with Crippen LogP contribution in [0.3, 0.4) is 0 Å². The second-order valence-corrected chi connectivity index (χ2v) is 3.64. The summed E-state index contributed by atoms with van der Waals surface area (Å²) in [5.41, 5.74) is 0.154. The first-order valence-electron chi connectivity index (χ1n) is 2.99. The molecular weight excluding hydrogens is 202 g/mol. The Morgan fingerprint density at radius 1 is 1.33 bits per heavy atom. The minimum atomic E-state index is -4.19. The van der Waals surface area contributed by atoms with Crippen LogP contribution < -0.4 is 4.84 Å². The van der Waals surface area contributed by atoms with Crippen LogP contribution in [0.25, 0.3) is 0 Å². The lowest BCUT2D eigenvalue weighted by Crippen LogP contribution is -2.00. The van der Waals surface area contributed by atoms with E-state index in [1.54, 1.807) is 6.07 Å². The summed E-state index contributed by atoms with van der Waals surface area (Å²) in [6, 6.07) is 5.77. The van der Waals surface area contributed by atoms with Gasteiger partial charge in [-0.05, 0) is 12.1 Å². The van der Waals surface area contributed by atoms with Crippen LogP contribution >= 0.6 is 11.8 Å². The lowest BCUT2D eigenvalue weighted by atomic mass is 10.3. The second-order valence-electron chi connectivity index (χ2n) is 2.07. The molecule has 2 N–H and O–H groups in total. The van der Waals surface area contributed by atoms with Gasteiger partial charge in [-0.15, -0.1) is 0 Å². The van der Waals surface area contributed by atoms with E-state index in [0.717, 1.165) is 0 Å². The molecule has 0 fully saturated rings. The van der Waals surface area contributed by atoms with E-state index in [4.69, 9.17) is 16.3 Å². The minimum absolute atomic E-state index is 0.154. The first-order chi connectivity index (χ1) is 5.55. The van der Waals surface area contributed by atoms with Gasteiger partial charge >= 0.3 is 0 Å². The third kappa shape index (κ3) is 1.88. The molecule has 0 aliphatic rings. The molecule has 12 heavy (non-hydrogen) atoms. The van der Waals surface area contributed by atoms with E-state index in [-0.39, 0.29) is 10.6 Å². The topological polar surface area (TPSA) is 66.4 Å². The summed E-state index contributed by atoms with van der Waals surface area (Å²) in [4.78, 5) is 1.90. The van der Waals surface area contributed by atoms with Crippen LogP contribution in [0.15, 0.2) is 29.2 Å². The Bertz CT molecular complexity index is 376. The normalized spacial score (nSPS) is 11.2. The molecule has 0 saturated carbocycles. The maximum atomic E-state index is 10.7. The Kier molecular flexibility index (Phi) is 2.56. The van der Waals surface area contributed by atoms with Gasteiger partial charge in [0.15, 0.2) is 0 Å². The smallest absolute Gasteiger partial charge is 0.296 e. The Hall–Kier alpha value is -0.780. The van der Waals surface area contributed by atoms with Crippen LogP contribution in [-0.2, 0) is 10.1 Å². The molecule has 0 spiro atoms. The van der Waals surface area contributed by atoms with Crippen molar-refractivity contribution < 1.29 is 13.0 Å². The van der Waals surface area contributed by atoms with Gasteiger partial charge in [0, 0.05) is 11.8 Å². The number of anilines is 1. The molecule has 4 nitrogen and oxygen atoms in total. The van der Waals surface area contributed by atoms with Crippen molar-refractivity contribution in [1.29, 1.82) is 0 Å². The predicted molar refractivity (Wildman–Crippen MR) is 45.7 cm³/mol. The number of halogens is 1. The van der Waals surface area contributed by atoms with Crippen molar-refractivity contribution in [1.82, 2.24) is 0 Å². The molecular formula is C6H6ClNO3S. The summed E-state index contributed by atoms with van der Waals surface area (Å²) in [5, 5.41) is 0. The molecule has 0 heterocycles. The number of rotatable bonds is 2. The van der Waals surface area contributed by atoms with Gasteiger partial charge in [-0.25, -0.2) is 0 Å². The molecule has 0 atom stereocenters. The van der Waals surface area contributed by atoms with E-state index in [1.165, 1.54) is 18.2 Å². The van der Waals surface area contributed by atoms with Gasteiger partial charge in [0.1, 0.15) is 4.90 Å². The first kappa shape index (κ1) is 9.31. The molecule has 0 radical (unpaired) electrons. The highest BCUT2D eigenvalue weighted by molar-refractivity contribution is 7.86. The highest BCUT2D eigenvalue weighted by atomic mass is 35.5. The van der Waals surface area contributed by atoms with Crippen molar-refractivity contribution in [2.75, 3.05) is 4.84 Å². The SMILES string of the molecule is O=S(=O)(O)c1ccccc1NCl. The van der Waals surface area contributed by atoms with Gasteiger partial charge in [-0.3, -0.25) is 9.39 Å². The highest BCUT2D eigenvalue weighted by Gasteiger charge is 2.13. The summed E-state index contributed by atoms with van der Waals surface area (Å²) in [5.74, 6) is 0. The fourth-order valence-corrected chi connectivity index (χ4v) is 1.64. The quantitative estimate of drug-likeness (QED) is 0.570. The van der Waals surface area contributed by atoms with Crippen LogP contribution in [0.2, 0.25) is 0 Å². The van der Waals surface area contributed by atoms with Gasteiger partial charge in [-0.1, -0.05) is 12.1 Å². The fourth-order valence-electron chi connectivity index (χ4n) is 0.770. The Morgan fingerprint density at radius 2 is 1.92 bits per heavy atom. The maximum Gasteiger partial charge on any atom is 0.296 e. The van der Waals surface area contributed by atoms with E-state index < -0.39 is 10.1 Å². The van der Waals surface area contributed by atoms with Crippen molar-refractivity contribution in [3.8, 4) is 0 Å². The lowest BCUT2D eigenvalue weighted by Gasteiger charge is -2.02. The second kappa shape index (κ2) is 3.30. The maximum absolute atomic E-state index is 10.7. The number of nitrogens with one attached hydrogen (secondary N) is 1. The fraction of sp³-hybridized carbons (Fsp3) is 0. The van der Waals surface area contributed by atoms with Crippen molar-refractivity contribution in [3.05, 3.63) is 24.3 Å². The van der Waals surface area contributed by atoms with E-state index in [1.807, 2.05) is 0 Å². The molecule has 0 unspecified atom stereocenters. The third-order valence-corrected chi connectivity index (χ3v) is 2.38. The Morgan fingerprint density at radius 3 is 2.33 bits per heavy atom. The van der Waals surface area contributed by atoms with Crippen molar-refractivity contribution in [3.63, 3.8) is 0 Å². The zero-order valence-corrected chi connectivity index (χ0v) is 7.43. The van der Waals surface area contributed by atoms with Gasteiger partial charge in [0.2, 0.25) is 0 Å². The van der Waals surface area contributed by atoms with E-state index in [9.17, 15) is 8.42 Å². The van der Waals surface area contributed by atoms with Gasteiger partial charge in [0.05, 0.1) is 5.69 Å². The molecule has 1 rings (SSSR count). The summed E-state index contributed by atoms with van der Waals surface area (Å²) in [6.07, 6.45) is 0. The number of benzene rings is 1. The third-order valence-electron chi connectivity index (χ3n) is 1.27. The van der Waals surface area contributed by atoms with Crippen LogP contribution in [0.4, 0.5) is 5.69 Å². The Balaban J connectivity index is 3.33. The number of hydrogen-bond acceptors (Lipinski definition) is 3. The first-order valence-corrected chi connectivity index (χ1v) is 4.80. The largest absolute Gasteiger partial charge is 0.297 e. The average Bonchev–Trinajstić information content (AvgIpc) is 2.03. The number of hydrogen-bond donors (Lipinski definition) is 2. The van der Waals surface area contributed by atoms with Gasteiger partial charge < -0.3 is 0 Å². The molecule has 0 aromatic heterocycles. The standard InChI is InChI=1S/C6H6ClNO3S/c7-8-5-3-1-2-4-6(5)12(9,10)11/h1-4,8H,(H,9,10,11). The summed E-state index contributed by atoms with van der Waals surface area (Å²) < 4.78 is 30.0. The van der Waals surface area contributed by atoms with Crippen LogP contribution in [0.5, 0.6) is 0 Å². The summed E-state index contributed by atoms with van der Waals surface area (Å²) >= 11 is 5.21. The van der Waals surface area contributed by atoms with Crippen LogP contribution in [0, 0.1) is 0 Å². The molecule has 6 heteroatoms. The van der Waals surface area contributed by atoms with Crippen molar-refractivity contribution in [2.24, 2.45) is 0 Å². The monoisotopic (exact) mass is 207 g/mol. The summed E-state index contributed by atoms with van der Waals surface area (Å²) in [7, 11) is -4.19. The van der Waals surface area contributed by atoms with Gasteiger partial charge in [0.25, 0.3) is 10.1 Å². The molecule has 66 valence electrons. The molecule has 1 aromatic rings. The zero-order valence-electron chi connectivity index (χ0n) is 5.86. The highest BCUT2D eigenvalue weighted by Crippen LogP contribution is 2.20. The predicted octanol–water partition coefficient (Wildman–Crippen LogP) is 1.50. The molecule has 1 aromatic carbocycles. The van der Waals surface area contributed by atoms with E-state index in [2.05, 4.69) is 4.84 Å². The minimum Gasteiger partial charge on any atom is -0.297 e. The van der Waals surface area contributed by atoms with Crippen molar-refractivity contribution >= 4 is 27.6 Å². The zero-order chi connectivity index (χ0) is 9.19. The van der Waals surface area contributed by atoms with E-state index in [0.29, 0.717) is 0 Å². The van der Waals surface area contributed by atoms with Crippen LogP contribution in [0.1, 0.15) is 0 Å². The molecule has 0 bridgehead atoms. The average molecular weight is 208 g/mol. The molecule has 0 aliphatic carbocycles. The summed E-state index contributed by atoms with van der Waals surface area (Å²) in [6.45, 7) is 0. The molecule has 0 saturated heterocycles. The van der Waals surface area contributed by atoms with Gasteiger partial charge in [-0.2, -0.15) is 8.42 Å². The van der Waals surface area contributed by atoms with E-state index >= 15 is 0 Å². The molecule has 0 amide bonds. The Labute approximate surface area is 75.0 Å². The van der Waals surface area contributed by atoms with Crippen LogP contribution in [-0.4, -0.2) is 13.0 Å². The van der Waals surface area contributed by atoms with Crippen molar-refractivity contribution in [2.45, 2.75) is 4.90 Å². The molecule has 0 aliphatic heterocycles. The lowest BCUT2D eigenvalue weighted by molar-refractivity contribution is 0.483. The number of para-hydroxylation sites is 1.